The first-order valence-corrected chi connectivity index (χ1v) is 6.12. The quantitative estimate of drug-likeness (QED) is 0.352. The van der Waals surface area contributed by atoms with E-state index in [9.17, 15) is 9.18 Å². The number of hydrogen-bond donors (Lipinski definition) is 1. The van der Waals surface area contributed by atoms with Gasteiger partial charge in [-0.2, -0.15) is 0 Å². The zero-order valence-electron chi connectivity index (χ0n) is 10.2. The minimum absolute atomic E-state index is 0.277. The number of thioether (sulfide) groups is 1. The summed E-state index contributed by atoms with van der Waals surface area (Å²) in [5.74, 6) is 5.24. The molecule has 1 rings (SSSR count). The van der Waals surface area contributed by atoms with Crippen LogP contribution in [0, 0.1) is 0 Å². The molecule has 0 aromatic carbocycles. The number of halogens is 1. The van der Waals surface area contributed by atoms with Crippen molar-refractivity contribution in [1.82, 2.24) is 10.0 Å². The van der Waals surface area contributed by atoms with Crippen molar-refractivity contribution >= 4 is 22.8 Å². The molecule has 0 aromatic rings. The smallest absolute Gasteiger partial charge is 0.267 e. The third-order valence-corrected chi connectivity index (χ3v) is 3.01. The molecular weight excluding hydrogens is 243 g/mol. The molecule has 1 heterocycles. The topological polar surface area (TPSA) is 61.9 Å². The molecule has 0 aliphatic carbocycles. The average Bonchev–Trinajstić information content (AvgIpc) is 2.23. The number of alkyl halides is 1. The third-order valence-electron chi connectivity index (χ3n) is 2.07. The van der Waals surface area contributed by atoms with Gasteiger partial charge in [-0.15, -0.1) is 11.7 Å². The Hall–Kier alpha value is -1.08. The van der Waals surface area contributed by atoms with Gasteiger partial charge in [-0.1, -0.05) is 17.8 Å². The number of amides is 1. The summed E-state index contributed by atoms with van der Waals surface area (Å²) in [5.41, 5.74) is -0.587. The fourth-order valence-electron chi connectivity index (χ4n) is 1.23. The molecule has 1 aliphatic rings. The summed E-state index contributed by atoms with van der Waals surface area (Å²) >= 11 is 1.23. The highest BCUT2D eigenvalue weighted by Gasteiger charge is 2.40. The first kappa shape index (κ1) is 14.0. The number of amidine groups is 1. The lowest BCUT2D eigenvalue weighted by molar-refractivity contribution is -0.146. The molecule has 2 N–H and O–H groups in total. The van der Waals surface area contributed by atoms with E-state index in [1.165, 1.54) is 11.8 Å². The molecule has 17 heavy (non-hydrogen) atoms. The van der Waals surface area contributed by atoms with Crippen molar-refractivity contribution in [1.29, 1.82) is 0 Å². The Morgan fingerprint density at radius 1 is 1.65 bits per heavy atom. The van der Waals surface area contributed by atoms with E-state index in [2.05, 4.69) is 11.7 Å². The van der Waals surface area contributed by atoms with Crippen molar-refractivity contribution in [3.8, 4) is 0 Å². The Labute approximate surface area is 104 Å². The van der Waals surface area contributed by atoms with Gasteiger partial charge < -0.3 is 0 Å². The standard InChI is InChI=1S/C10H17FN4OS/c1-5-6-17-9-13-15(10(2,3)4)7(11)8(16)14(9)12/h5,7H,1,6,12H2,2-4H3. The van der Waals surface area contributed by atoms with Crippen molar-refractivity contribution in [3.63, 3.8) is 0 Å². The highest BCUT2D eigenvalue weighted by molar-refractivity contribution is 8.13. The molecule has 1 unspecified atom stereocenters. The first-order chi connectivity index (χ1) is 7.79. The van der Waals surface area contributed by atoms with Gasteiger partial charge in [0.05, 0.1) is 5.54 Å². The molecule has 0 aromatic heterocycles. The van der Waals surface area contributed by atoms with Crippen LogP contribution in [-0.4, -0.2) is 38.7 Å². The van der Waals surface area contributed by atoms with Crippen molar-refractivity contribution in [2.24, 2.45) is 10.9 Å². The third kappa shape index (κ3) is 2.98. The van der Waals surface area contributed by atoms with Gasteiger partial charge in [0, 0.05) is 5.75 Å². The van der Waals surface area contributed by atoms with Crippen molar-refractivity contribution in [3.05, 3.63) is 12.7 Å². The van der Waals surface area contributed by atoms with Crippen molar-refractivity contribution in [2.75, 3.05) is 5.75 Å². The van der Waals surface area contributed by atoms with Gasteiger partial charge in [-0.25, -0.2) is 20.3 Å². The van der Waals surface area contributed by atoms with Crippen molar-refractivity contribution in [2.45, 2.75) is 32.6 Å². The Kier molecular flexibility index (Phi) is 4.16. The van der Waals surface area contributed by atoms with E-state index in [0.717, 1.165) is 10.0 Å². The molecule has 7 heteroatoms. The summed E-state index contributed by atoms with van der Waals surface area (Å²) in [4.78, 5) is 11.6. The normalized spacial score (nSPS) is 21.6. The molecule has 96 valence electrons. The van der Waals surface area contributed by atoms with E-state index < -0.39 is 17.7 Å². The monoisotopic (exact) mass is 260 g/mol. The number of carbonyl (C=O) groups is 1. The van der Waals surface area contributed by atoms with Crippen LogP contribution in [-0.2, 0) is 4.79 Å². The van der Waals surface area contributed by atoms with Crippen LogP contribution in [0.3, 0.4) is 0 Å². The summed E-state index contributed by atoms with van der Waals surface area (Å²) in [7, 11) is 0. The molecule has 0 bridgehead atoms. The summed E-state index contributed by atoms with van der Waals surface area (Å²) in [6.45, 7) is 8.89. The predicted octanol–water partition coefficient (Wildman–Crippen LogP) is 1.29. The second-order valence-corrected chi connectivity index (χ2v) is 5.53. The fraction of sp³-hybridized carbons (Fsp3) is 0.600. The molecule has 0 saturated carbocycles. The molecule has 1 atom stereocenters. The van der Waals surface area contributed by atoms with Gasteiger partial charge in [-0.3, -0.25) is 4.79 Å². The zero-order chi connectivity index (χ0) is 13.2. The number of nitrogens with two attached hydrogens (primary N) is 1. The SMILES string of the molecule is C=CCSC1=NN(C(C)(C)C)C(F)C(=O)N1N. The molecule has 0 radical (unpaired) electrons. The number of nitrogens with zero attached hydrogens (tertiary/aromatic N) is 3. The van der Waals surface area contributed by atoms with Crippen LogP contribution in [0.15, 0.2) is 17.8 Å². The lowest BCUT2D eigenvalue weighted by atomic mass is 10.1. The number of hydrogen-bond acceptors (Lipinski definition) is 5. The van der Waals surface area contributed by atoms with E-state index >= 15 is 0 Å². The van der Waals surface area contributed by atoms with Crippen molar-refractivity contribution < 1.29 is 9.18 Å². The first-order valence-electron chi connectivity index (χ1n) is 5.13. The molecular formula is C10H17FN4OS. The Bertz CT molecular complexity index is 353. The highest BCUT2D eigenvalue weighted by atomic mass is 32.2. The van der Waals surface area contributed by atoms with E-state index in [4.69, 9.17) is 5.84 Å². The van der Waals surface area contributed by atoms with Crippen LogP contribution in [0.5, 0.6) is 0 Å². The van der Waals surface area contributed by atoms with Crippen LogP contribution >= 0.6 is 11.8 Å². The lowest BCUT2D eigenvalue weighted by Gasteiger charge is -2.39. The van der Waals surface area contributed by atoms with Crippen LogP contribution in [0.1, 0.15) is 20.8 Å². The molecule has 0 saturated heterocycles. The summed E-state index contributed by atoms with van der Waals surface area (Å²) < 4.78 is 13.8. The minimum atomic E-state index is -1.84. The van der Waals surface area contributed by atoms with E-state index in [1.54, 1.807) is 26.8 Å². The van der Waals surface area contributed by atoms with Gasteiger partial charge in [0.25, 0.3) is 12.2 Å². The van der Waals surface area contributed by atoms with Gasteiger partial charge in [0.15, 0.2) is 0 Å². The summed E-state index contributed by atoms with van der Waals surface area (Å²) in [6, 6.07) is 0. The largest absolute Gasteiger partial charge is 0.299 e. The fourth-order valence-corrected chi connectivity index (χ4v) is 1.87. The molecule has 1 amide bonds. The number of hydrazine groups is 1. The van der Waals surface area contributed by atoms with Crippen LogP contribution < -0.4 is 5.84 Å². The van der Waals surface area contributed by atoms with Gasteiger partial charge >= 0.3 is 0 Å². The minimum Gasteiger partial charge on any atom is -0.267 e. The lowest BCUT2D eigenvalue weighted by Crippen LogP contribution is -2.58. The maximum atomic E-state index is 13.8. The van der Waals surface area contributed by atoms with Crippen LogP contribution in [0.25, 0.3) is 0 Å². The van der Waals surface area contributed by atoms with Crippen LogP contribution in [0.4, 0.5) is 4.39 Å². The predicted molar refractivity (Wildman–Crippen MR) is 67.6 cm³/mol. The molecule has 5 nitrogen and oxygen atoms in total. The van der Waals surface area contributed by atoms with E-state index in [1.807, 2.05) is 0 Å². The van der Waals surface area contributed by atoms with Gasteiger partial charge in [0.2, 0.25) is 5.17 Å². The summed E-state index contributed by atoms with van der Waals surface area (Å²) in [6.07, 6.45) is -0.179. The van der Waals surface area contributed by atoms with Gasteiger partial charge in [0.1, 0.15) is 0 Å². The van der Waals surface area contributed by atoms with Crippen LogP contribution in [0.2, 0.25) is 0 Å². The maximum absolute atomic E-state index is 13.8. The summed E-state index contributed by atoms with van der Waals surface area (Å²) in [5, 5.41) is 6.23. The second kappa shape index (κ2) is 5.05. The Balaban J connectivity index is 3.02. The van der Waals surface area contributed by atoms with E-state index in [0.29, 0.717) is 5.75 Å². The van der Waals surface area contributed by atoms with E-state index in [-0.39, 0.29) is 5.17 Å². The number of rotatable bonds is 2. The average molecular weight is 260 g/mol. The maximum Gasteiger partial charge on any atom is 0.299 e. The number of hydrazone groups is 1. The second-order valence-electron chi connectivity index (χ2n) is 4.54. The number of carbonyl (C=O) groups excluding carboxylic acids is 1. The molecule has 0 fully saturated rings. The Morgan fingerprint density at radius 3 is 2.71 bits per heavy atom. The molecule has 0 spiro atoms. The molecule has 1 aliphatic heterocycles. The zero-order valence-corrected chi connectivity index (χ0v) is 11.0. The Morgan fingerprint density at radius 2 is 2.24 bits per heavy atom. The van der Waals surface area contributed by atoms with Gasteiger partial charge in [-0.05, 0) is 20.8 Å². The highest BCUT2D eigenvalue weighted by Crippen LogP contribution is 2.25.